The molecule has 0 saturated carbocycles. The number of amides is 1. The van der Waals surface area contributed by atoms with Gasteiger partial charge in [-0.2, -0.15) is 0 Å². The van der Waals surface area contributed by atoms with Crippen molar-refractivity contribution in [1.29, 1.82) is 0 Å². The number of carbonyl (C=O) groups excluding carboxylic acids is 1. The van der Waals surface area contributed by atoms with Gasteiger partial charge in [0.15, 0.2) is 0 Å². The van der Waals surface area contributed by atoms with E-state index < -0.39 is 17.5 Å². The van der Waals surface area contributed by atoms with Crippen molar-refractivity contribution in [3.8, 4) is 0 Å². The molecule has 106 valence electrons. The monoisotopic (exact) mass is 270 g/mol. The highest BCUT2D eigenvalue weighted by atomic mass is 19.1. The maximum Gasteiger partial charge on any atom is 0.251 e. The second kappa shape index (κ2) is 5.99. The first-order valence-electron chi connectivity index (χ1n) is 6.25. The van der Waals surface area contributed by atoms with E-state index in [1.165, 1.54) is 7.05 Å². The maximum absolute atomic E-state index is 13.5. The van der Waals surface area contributed by atoms with Gasteiger partial charge in [0.05, 0.1) is 0 Å². The molecule has 3 nitrogen and oxygen atoms in total. The second-order valence-electron chi connectivity index (χ2n) is 5.27. The van der Waals surface area contributed by atoms with E-state index in [-0.39, 0.29) is 16.7 Å². The van der Waals surface area contributed by atoms with Gasteiger partial charge in [-0.05, 0) is 24.0 Å². The molecule has 0 heterocycles. The zero-order chi connectivity index (χ0) is 14.6. The van der Waals surface area contributed by atoms with Crippen LogP contribution in [0.5, 0.6) is 0 Å². The number of halogens is 2. The Morgan fingerprint density at radius 1 is 1.26 bits per heavy atom. The fourth-order valence-corrected chi connectivity index (χ4v) is 1.49. The largest absolute Gasteiger partial charge is 0.383 e. The van der Waals surface area contributed by atoms with E-state index in [1.807, 2.05) is 20.8 Å². The van der Waals surface area contributed by atoms with Gasteiger partial charge < -0.3 is 10.6 Å². The number of benzene rings is 1. The highest BCUT2D eigenvalue weighted by Gasteiger charge is 2.18. The van der Waals surface area contributed by atoms with Crippen LogP contribution < -0.4 is 10.6 Å². The first kappa shape index (κ1) is 15.4. The van der Waals surface area contributed by atoms with Crippen molar-refractivity contribution in [3.63, 3.8) is 0 Å². The molecule has 0 aliphatic heterocycles. The Labute approximate surface area is 112 Å². The van der Waals surface area contributed by atoms with Crippen molar-refractivity contribution in [3.05, 3.63) is 29.3 Å². The summed E-state index contributed by atoms with van der Waals surface area (Å²) in [5.41, 5.74) is -0.288. The summed E-state index contributed by atoms with van der Waals surface area (Å²) in [6, 6.07) is 2.06. The van der Waals surface area contributed by atoms with Crippen LogP contribution in [-0.4, -0.2) is 19.5 Å². The summed E-state index contributed by atoms with van der Waals surface area (Å²) < 4.78 is 27.1. The topological polar surface area (TPSA) is 41.1 Å². The van der Waals surface area contributed by atoms with Gasteiger partial charge in [-0.15, -0.1) is 0 Å². The van der Waals surface area contributed by atoms with Crippen LogP contribution in [0, 0.1) is 17.0 Å². The molecule has 0 aliphatic carbocycles. The molecule has 0 aromatic heterocycles. The molecule has 1 aromatic rings. The highest BCUT2D eigenvalue weighted by molar-refractivity contribution is 5.94. The molecule has 0 bridgehead atoms. The van der Waals surface area contributed by atoms with Crippen molar-refractivity contribution in [2.75, 3.05) is 18.9 Å². The summed E-state index contributed by atoms with van der Waals surface area (Å²) in [5, 5.41) is 5.10. The van der Waals surface area contributed by atoms with E-state index >= 15 is 0 Å². The van der Waals surface area contributed by atoms with E-state index in [2.05, 4.69) is 10.6 Å². The molecule has 0 aliphatic rings. The van der Waals surface area contributed by atoms with Gasteiger partial charge in [-0.3, -0.25) is 4.79 Å². The molecule has 0 radical (unpaired) electrons. The van der Waals surface area contributed by atoms with Gasteiger partial charge in [0.1, 0.15) is 17.3 Å². The van der Waals surface area contributed by atoms with E-state index in [0.29, 0.717) is 6.54 Å². The molecular formula is C14H20F2N2O. The van der Waals surface area contributed by atoms with Crippen LogP contribution in [0.2, 0.25) is 0 Å². The van der Waals surface area contributed by atoms with Gasteiger partial charge in [-0.1, -0.05) is 20.8 Å². The molecule has 0 unspecified atom stereocenters. The fraction of sp³-hybridized carbons (Fsp3) is 0.500. The second-order valence-corrected chi connectivity index (χ2v) is 5.27. The van der Waals surface area contributed by atoms with Crippen LogP contribution in [0.4, 0.5) is 14.5 Å². The minimum Gasteiger partial charge on any atom is -0.383 e. The predicted molar refractivity (Wildman–Crippen MR) is 72.3 cm³/mol. The number of anilines is 1. The van der Waals surface area contributed by atoms with Crippen molar-refractivity contribution in [1.82, 2.24) is 5.32 Å². The van der Waals surface area contributed by atoms with Crippen LogP contribution in [0.15, 0.2) is 12.1 Å². The molecular weight excluding hydrogens is 250 g/mol. The molecule has 0 atom stereocenters. The van der Waals surface area contributed by atoms with E-state index in [0.717, 1.165) is 18.6 Å². The normalized spacial score (nSPS) is 11.3. The molecule has 1 aromatic carbocycles. The predicted octanol–water partition coefficient (Wildman–Crippen LogP) is 3.17. The van der Waals surface area contributed by atoms with E-state index in [4.69, 9.17) is 0 Å². The summed E-state index contributed by atoms with van der Waals surface area (Å²) in [5.74, 6) is -2.02. The van der Waals surface area contributed by atoms with Gasteiger partial charge in [-0.25, -0.2) is 8.78 Å². The van der Waals surface area contributed by atoms with Gasteiger partial charge in [0.2, 0.25) is 0 Å². The average molecular weight is 270 g/mol. The molecule has 0 spiro atoms. The Morgan fingerprint density at radius 2 is 1.79 bits per heavy atom. The summed E-state index contributed by atoms with van der Waals surface area (Å²) in [4.78, 5) is 11.8. The van der Waals surface area contributed by atoms with Gasteiger partial charge >= 0.3 is 0 Å². The SMILES string of the molecule is CCC(C)(C)CNC(=O)c1cc(F)c(NC)c(F)c1. The van der Waals surface area contributed by atoms with Crippen molar-refractivity contribution in [2.45, 2.75) is 27.2 Å². The fourth-order valence-electron chi connectivity index (χ4n) is 1.49. The maximum atomic E-state index is 13.5. The molecule has 1 rings (SSSR count). The Kier molecular flexibility index (Phi) is 4.86. The Hall–Kier alpha value is -1.65. The highest BCUT2D eigenvalue weighted by Crippen LogP contribution is 2.21. The Morgan fingerprint density at radius 3 is 2.21 bits per heavy atom. The van der Waals surface area contributed by atoms with E-state index in [9.17, 15) is 13.6 Å². The van der Waals surface area contributed by atoms with Crippen LogP contribution in [0.25, 0.3) is 0 Å². The van der Waals surface area contributed by atoms with Crippen molar-refractivity contribution >= 4 is 11.6 Å². The summed E-state index contributed by atoms with van der Waals surface area (Å²) in [6.45, 7) is 6.50. The molecule has 19 heavy (non-hydrogen) atoms. The van der Waals surface area contributed by atoms with Crippen LogP contribution in [-0.2, 0) is 0 Å². The molecule has 5 heteroatoms. The smallest absolute Gasteiger partial charge is 0.251 e. The molecule has 0 fully saturated rings. The number of hydrogen-bond acceptors (Lipinski definition) is 2. The minimum absolute atomic E-state index is 0.0131. The Bertz CT molecular complexity index is 450. The van der Waals surface area contributed by atoms with Crippen LogP contribution in [0.1, 0.15) is 37.6 Å². The quantitative estimate of drug-likeness (QED) is 0.862. The van der Waals surface area contributed by atoms with Gasteiger partial charge in [0.25, 0.3) is 5.91 Å². The number of nitrogens with one attached hydrogen (secondary N) is 2. The van der Waals surface area contributed by atoms with Crippen LogP contribution in [0.3, 0.4) is 0 Å². The summed E-state index contributed by atoms with van der Waals surface area (Å²) in [7, 11) is 1.42. The lowest BCUT2D eigenvalue weighted by atomic mass is 9.90. The first-order valence-corrected chi connectivity index (χ1v) is 6.25. The molecule has 2 N–H and O–H groups in total. The lowest BCUT2D eigenvalue weighted by Gasteiger charge is -2.22. The third kappa shape index (κ3) is 3.91. The standard InChI is InChI=1S/C14H20F2N2O/c1-5-14(2,3)8-18-13(19)9-6-10(15)12(17-4)11(16)7-9/h6-7,17H,5,8H2,1-4H3,(H,18,19). The first-order chi connectivity index (χ1) is 8.80. The van der Waals surface area contributed by atoms with Crippen molar-refractivity contribution < 1.29 is 13.6 Å². The number of hydrogen-bond donors (Lipinski definition) is 2. The van der Waals surface area contributed by atoms with Crippen LogP contribution >= 0.6 is 0 Å². The number of carbonyl (C=O) groups is 1. The van der Waals surface area contributed by atoms with Gasteiger partial charge in [0, 0.05) is 19.2 Å². The third-order valence-electron chi connectivity index (χ3n) is 3.24. The lowest BCUT2D eigenvalue weighted by molar-refractivity contribution is 0.0935. The average Bonchev–Trinajstić information content (AvgIpc) is 2.35. The summed E-state index contributed by atoms with van der Waals surface area (Å²) in [6.07, 6.45) is 0.898. The molecule has 1 amide bonds. The lowest BCUT2D eigenvalue weighted by Crippen LogP contribution is -2.33. The third-order valence-corrected chi connectivity index (χ3v) is 3.24. The van der Waals surface area contributed by atoms with E-state index in [1.54, 1.807) is 0 Å². The Balaban J connectivity index is 2.84. The number of rotatable bonds is 5. The zero-order valence-electron chi connectivity index (χ0n) is 11.7. The van der Waals surface area contributed by atoms with Crippen molar-refractivity contribution in [2.24, 2.45) is 5.41 Å². The summed E-state index contributed by atoms with van der Waals surface area (Å²) >= 11 is 0. The minimum atomic E-state index is -0.776. The molecule has 0 saturated heterocycles. The zero-order valence-corrected chi connectivity index (χ0v) is 11.7.